The second-order valence-electron chi connectivity index (χ2n) is 8.69. The number of carbonyl (C=O) groups is 3. The van der Waals surface area contributed by atoms with E-state index >= 15 is 0 Å². The molecule has 0 radical (unpaired) electrons. The number of nitrogens with zero attached hydrogens (tertiary/aromatic N) is 1. The van der Waals surface area contributed by atoms with Crippen molar-refractivity contribution in [3.8, 4) is 11.3 Å². The van der Waals surface area contributed by atoms with E-state index in [0.29, 0.717) is 5.39 Å². The number of aromatic nitrogens is 1. The van der Waals surface area contributed by atoms with E-state index in [9.17, 15) is 37.5 Å². The molecule has 200 valence electrons. The second kappa shape index (κ2) is 10.6. The van der Waals surface area contributed by atoms with Crippen molar-refractivity contribution in [3.63, 3.8) is 0 Å². The molecule has 1 aromatic heterocycles. The number of ether oxygens (including phenoxy) is 1. The van der Waals surface area contributed by atoms with Crippen LogP contribution in [0.15, 0.2) is 53.3 Å². The number of ketones is 1. The molecule has 2 heterocycles. The molecule has 0 aliphatic carbocycles. The van der Waals surface area contributed by atoms with Crippen molar-refractivity contribution in [1.29, 1.82) is 0 Å². The van der Waals surface area contributed by atoms with Crippen LogP contribution in [0.25, 0.3) is 22.0 Å². The highest BCUT2D eigenvalue weighted by atomic mass is 19.4. The predicted molar refractivity (Wildman–Crippen MR) is 131 cm³/mol. The van der Waals surface area contributed by atoms with E-state index in [0.717, 1.165) is 6.07 Å². The summed E-state index contributed by atoms with van der Waals surface area (Å²) in [5, 5.41) is 12.5. The number of nitrogens with two attached hydrogens (primary N) is 1. The first-order valence-corrected chi connectivity index (χ1v) is 11.5. The van der Waals surface area contributed by atoms with Gasteiger partial charge in [0, 0.05) is 28.8 Å². The standard InChI is InChI=1S/C25H23F3N4O6/c26-25(27,28)19-4-2-1-3-17(19)20-7-13-5-6-14(8-18(13)22(34)31-20)32-12-16(38-24(32)37)9-21(23(35)36)30-11-15(33)10-29/h1-8,16,21,30H,9-12,29H2,(H,31,34)(H,35,36)/t16?,21-/m0/s1. The Bertz CT molecular complexity index is 1460. The Morgan fingerprint density at radius 1 is 1.18 bits per heavy atom. The van der Waals surface area contributed by atoms with Gasteiger partial charge in [0.15, 0.2) is 5.78 Å². The van der Waals surface area contributed by atoms with Gasteiger partial charge < -0.3 is 20.6 Å². The molecule has 0 saturated carbocycles. The third-order valence-corrected chi connectivity index (χ3v) is 6.11. The maximum Gasteiger partial charge on any atom is 0.417 e. The maximum atomic E-state index is 13.5. The number of fused-ring (bicyclic) bond motifs is 1. The molecule has 1 unspecified atom stereocenters. The SMILES string of the molecule is NCC(=O)CN[C@@H](CC1CN(c2ccc3cc(-c4ccccc4C(F)(F)F)[nH]c(=O)c3c2)C(=O)O1)C(=O)O. The first-order chi connectivity index (χ1) is 18.0. The smallest absolute Gasteiger partial charge is 0.417 e. The van der Waals surface area contributed by atoms with Gasteiger partial charge in [-0.15, -0.1) is 0 Å². The van der Waals surface area contributed by atoms with E-state index in [1.54, 1.807) is 0 Å². The number of aromatic amines is 1. The number of pyridine rings is 1. The average Bonchev–Trinajstić information content (AvgIpc) is 3.25. The maximum absolute atomic E-state index is 13.5. The number of anilines is 1. The van der Waals surface area contributed by atoms with Crippen LogP contribution < -0.4 is 21.5 Å². The third kappa shape index (κ3) is 5.68. The molecule has 1 aliphatic rings. The molecule has 0 spiro atoms. The summed E-state index contributed by atoms with van der Waals surface area (Å²) in [7, 11) is 0. The van der Waals surface area contributed by atoms with Crippen LogP contribution in [0.3, 0.4) is 0 Å². The van der Waals surface area contributed by atoms with Gasteiger partial charge in [-0.1, -0.05) is 24.3 Å². The lowest BCUT2D eigenvalue weighted by molar-refractivity contribution is -0.140. The number of cyclic esters (lactones) is 1. The van der Waals surface area contributed by atoms with Crippen molar-refractivity contribution in [2.75, 3.05) is 24.5 Å². The second-order valence-corrected chi connectivity index (χ2v) is 8.69. The van der Waals surface area contributed by atoms with Crippen molar-refractivity contribution >= 4 is 34.3 Å². The van der Waals surface area contributed by atoms with Crippen LogP contribution in [-0.4, -0.2) is 59.7 Å². The fraction of sp³-hybridized carbons (Fsp3) is 0.280. The van der Waals surface area contributed by atoms with Gasteiger partial charge in [-0.25, -0.2) is 4.79 Å². The topological polar surface area (TPSA) is 155 Å². The number of benzene rings is 2. The van der Waals surface area contributed by atoms with Gasteiger partial charge >= 0.3 is 18.2 Å². The Kier molecular flexibility index (Phi) is 7.51. The molecular weight excluding hydrogens is 509 g/mol. The van der Waals surface area contributed by atoms with Crippen molar-refractivity contribution in [2.45, 2.75) is 24.7 Å². The monoisotopic (exact) mass is 532 g/mol. The molecular formula is C25H23F3N4O6. The number of halogens is 3. The molecule has 2 atom stereocenters. The van der Waals surface area contributed by atoms with Crippen LogP contribution in [0.5, 0.6) is 0 Å². The Morgan fingerprint density at radius 2 is 1.92 bits per heavy atom. The highest BCUT2D eigenvalue weighted by molar-refractivity contribution is 5.95. The van der Waals surface area contributed by atoms with E-state index in [4.69, 9.17) is 10.5 Å². The fourth-order valence-corrected chi connectivity index (χ4v) is 4.22. The Hall–Kier alpha value is -4.23. The summed E-state index contributed by atoms with van der Waals surface area (Å²) in [6.07, 6.45) is -6.32. The van der Waals surface area contributed by atoms with Crippen LogP contribution in [0.2, 0.25) is 0 Å². The van der Waals surface area contributed by atoms with Crippen LogP contribution in [-0.2, 0) is 20.5 Å². The molecule has 3 aromatic rings. The van der Waals surface area contributed by atoms with Gasteiger partial charge in [-0.05, 0) is 29.7 Å². The Morgan fingerprint density at radius 3 is 2.61 bits per heavy atom. The summed E-state index contributed by atoms with van der Waals surface area (Å²) in [4.78, 5) is 52.0. The first-order valence-electron chi connectivity index (χ1n) is 11.5. The Labute approximate surface area is 213 Å². The van der Waals surface area contributed by atoms with Crippen LogP contribution >= 0.6 is 0 Å². The van der Waals surface area contributed by atoms with Crippen molar-refractivity contribution in [2.24, 2.45) is 5.73 Å². The molecule has 13 heteroatoms. The summed E-state index contributed by atoms with van der Waals surface area (Å²) < 4.78 is 45.7. The summed E-state index contributed by atoms with van der Waals surface area (Å²) >= 11 is 0. The number of carbonyl (C=O) groups excluding carboxylic acids is 2. The number of Topliss-reactive ketones (excluding diaryl/α,β-unsaturated/α-hetero) is 1. The van der Waals surface area contributed by atoms with Gasteiger partial charge in [0.25, 0.3) is 5.56 Å². The van der Waals surface area contributed by atoms with Gasteiger partial charge in [-0.3, -0.25) is 24.6 Å². The van der Waals surface area contributed by atoms with Crippen LogP contribution in [0, 0.1) is 0 Å². The number of hydrogen-bond acceptors (Lipinski definition) is 7. The predicted octanol–water partition coefficient (Wildman–Crippen LogP) is 2.50. The lowest BCUT2D eigenvalue weighted by Gasteiger charge is -2.17. The minimum Gasteiger partial charge on any atom is -0.480 e. The van der Waals surface area contributed by atoms with Crippen molar-refractivity contribution < 1.29 is 37.4 Å². The molecule has 4 rings (SSSR count). The molecule has 1 saturated heterocycles. The lowest BCUT2D eigenvalue weighted by atomic mass is 10.0. The largest absolute Gasteiger partial charge is 0.480 e. The number of aliphatic carboxylic acids is 1. The van der Waals surface area contributed by atoms with Crippen LogP contribution in [0.1, 0.15) is 12.0 Å². The number of nitrogens with one attached hydrogen (secondary N) is 2. The molecule has 38 heavy (non-hydrogen) atoms. The number of H-pyrrole nitrogens is 1. The highest BCUT2D eigenvalue weighted by Crippen LogP contribution is 2.36. The van der Waals surface area contributed by atoms with Gasteiger partial charge in [0.1, 0.15) is 12.1 Å². The molecule has 1 aliphatic heterocycles. The van der Waals surface area contributed by atoms with E-state index in [-0.39, 0.29) is 54.2 Å². The molecule has 5 N–H and O–H groups in total. The molecule has 0 bridgehead atoms. The fourth-order valence-electron chi connectivity index (χ4n) is 4.22. The zero-order valence-electron chi connectivity index (χ0n) is 19.7. The molecule has 1 amide bonds. The summed E-state index contributed by atoms with van der Waals surface area (Å²) in [5.41, 5.74) is 3.79. The number of hydrogen-bond donors (Lipinski definition) is 4. The Balaban J connectivity index is 1.57. The highest BCUT2D eigenvalue weighted by Gasteiger charge is 2.36. The number of amides is 1. The lowest BCUT2D eigenvalue weighted by Crippen LogP contribution is -2.43. The average molecular weight is 532 g/mol. The minimum absolute atomic E-state index is 0.0100. The van der Waals surface area contributed by atoms with Crippen molar-refractivity contribution in [1.82, 2.24) is 10.3 Å². The van der Waals surface area contributed by atoms with Gasteiger partial charge in [0.05, 0.1) is 25.2 Å². The zero-order valence-corrected chi connectivity index (χ0v) is 19.7. The van der Waals surface area contributed by atoms with E-state index in [2.05, 4.69) is 10.3 Å². The number of alkyl halides is 3. The molecule has 10 nitrogen and oxygen atoms in total. The molecule has 2 aromatic carbocycles. The number of carboxylic acid groups (broad SMARTS) is 1. The van der Waals surface area contributed by atoms with E-state index < -0.39 is 41.5 Å². The summed E-state index contributed by atoms with van der Waals surface area (Å²) in [6.45, 7) is -0.515. The third-order valence-electron chi connectivity index (χ3n) is 6.11. The normalized spacial score (nSPS) is 16.5. The van der Waals surface area contributed by atoms with E-state index in [1.165, 1.54) is 47.4 Å². The van der Waals surface area contributed by atoms with Gasteiger partial charge in [0.2, 0.25) is 0 Å². The first kappa shape index (κ1) is 26.8. The zero-order chi connectivity index (χ0) is 27.6. The van der Waals surface area contributed by atoms with E-state index in [1.807, 2.05) is 0 Å². The van der Waals surface area contributed by atoms with Gasteiger partial charge in [-0.2, -0.15) is 13.2 Å². The number of carboxylic acids is 1. The number of rotatable bonds is 9. The minimum atomic E-state index is -4.62. The van der Waals surface area contributed by atoms with Crippen molar-refractivity contribution in [3.05, 3.63) is 64.4 Å². The molecule has 1 fully saturated rings. The summed E-state index contributed by atoms with van der Waals surface area (Å²) in [5.74, 6) is -1.61. The summed E-state index contributed by atoms with van der Waals surface area (Å²) in [6, 6.07) is 9.56. The van der Waals surface area contributed by atoms with Crippen LogP contribution in [0.4, 0.5) is 23.7 Å². The quantitative estimate of drug-likeness (QED) is 0.328.